The van der Waals surface area contributed by atoms with Crippen LogP contribution in [0.1, 0.15) is 23.1 Å². The fourth-order valence-electron chi connectivity index (χ4n) is 3.11. The van der Waals surface area contributed by atoms with Gasteiger partial charge in [-0.1, -0.05) is 54.6 Å². The van der Waals surface area contributed by atoms with Crippen LogP contribution in [-0.2, 0) is 23.1 Å². The molecule has 1 aliphatic rings. The minimum absolute atomic E-state index is 0.570. The summed E-state index contributed by atoms with van der Waals surface area (Å²) in [6.45, 7) is 0. The number of rotatable bonds is 3. The van der Waals surface area contributed by atoms with E-state index in [9.17, 15) is 9.90 Å². The van der Waals surface area contributed by atoms with E-state index in [0.717, 1.165) is 17.5 Å². The molecule has 0 unspecified atom stereocenters. The standard InChI is InChI=1S/C17H16O2/c18-16(19)17(12-13-6-2-1-3-7-13)11-10-14-8-4-5-9-15(14)17/h1-9H,10-12H2,(H,18,19)/t17-/m1/s1. The zero-order chi connectivity index (χ0) is 13.3. The van der Waals surface area contributed by atoms with E-state index in [0.29, 0.717) is 12.8 Å². The number of benzene rings is 2. The third-order valence-corrected chi connectivity index (χ3v) is 4.11. The lowest BCUT2D eigenvalue weighted by atomic mass is 9.76. The first-order valence-corrected chi connectivity index (χ1v) is 6.58. The number of carboxylic acids is 1. The van der Waals surface area contributed by atoms with Crippen molar-refractivity contribution < 1.29 is 9.90 Å². The Balaban J connectivity index is 2.05. The summed E-state index contributed by atoms with van der Waals surface area (Å²) in [5, 5.41) is 9.77. The van der Waals surface area contributed by atoms with Crippen molar-refractivity contribution >= 4 is 5.97 Å². The molecule has 2 aromatic rings. The van der Waals surface area contributed by atoms with Crippen molar-refractivity contribution in [3.63, 3.8) is 0 Å². The molecule has 0 heterocycles. The molecule has 0 saturated carbocycles. The summed E-state index contributed by atoms with van der Waals surface area (Å²) in [6, 6.07) is 17.8. The lowest BCUT2D eigenvalue weighted by Crippen LogP contribution is -2.35. The molecule has 19 heavy (non-hydrogen) atoms. The first kappa shape index (κ1) is 12.0. The summed E-state index contributed by atoms with van der Waals surface area (Å²) in [6.07, 6.45) is 2.12. The second kappa shape index (κ2) is 4.54. The van der Waals surface area contributed by atoms with Gasteiger partial charge in [0.1, 0.15) is 0 Å². The molecule has 2 nitrogen and oxygen atoms in total. The molecular formula is C17H16O2. The zero-order valence-corrected chi connectivity index (χ0v) is 10.7. The van der Waals surface area contributed by atoms with Gasteiger partial charge in [-0.25, -0.2) is 0 Å². The van der Waals surface area contributed by atoms with E-state index in [-0.39, 0.29) is 0 Å². The van der Waals surface area contributed by atoms with E-state index in [4.69, 9.17) is 0 Å². The Morgan fingerprint density at radius 1 is 1.05 bits per heavy atom. The van der Waals surface area contributed by atoms with Crippen LogP contribution in [0.2, 0.25) is 0 Å². The summed E-state index contributed by atoms with van der Waals surface area (Å²) in [4.78, 5) is 11.9. The number of fused-ring (bicyclic) bond motifs is 1. The second-order valence-electron chi connectivity index (χ2n) is 5.21. The molecule has 0 radical (unpaired) electrons. The van der Waals surface area contributed by atoms with Gasteiger partial charge in [0.2, 0.25) is 0 Å². The number of hydrogen-bond acceptors (Lipinski definition) is 1. The van der Waals surface area contributed by atoms with Gasteiger partial charge in [-0.2, -0.15) is 0 Å². The van der Waals surface area contributed by atoms with Crippen molar-refractivity contribution in [1.82, 2.24) is 0 Å². The third-order valence-electron chi connectivity index (χ3n) is 4.11. The van der Waals surface area contributed by atoms with Crippen LogP contribution in [0.15, 0.2) is 54.6 Å². The Morgan fingerprint density at radius 2 is 1.74 bits per heavy atom. The zero-order valence-electron chi connectivity index (χ0n) is 10.7. The van der Waals surface area contributed by atoms with Crippen LogP contribution in [0.4, 0.5) is 0 Å². The van der Waals surface area contributed by atoms with Crippen molar-refractivity contribution in [3.05, 3.63) is 71.3 Å². The lowest BCUT2D eigenvalue weighted by molar-refractivity contribution is -0.143. The van der Waals surface area contributed by atoms with Gasteiger partial charge in [-0.05, 0) is 36.0 Å². The van der Waals surface area contributed by atoms with E-state index in [2.05, 4.69) is 0 Å². The van der Waals surface area contributed by atoms with Gasteiger partial charge >= 0.3 is 5.97 Å². The Labute approximate surface area is 112 Å². The van der Waals surface area contributed by atoms with E-state index in [1.165, 1.54) is 5.56 Å². The molecule has 0 aromatic heterocycles. The predicted molar refractivity (Wildman–Crippen MR) is 74.2 cm³/mol. The van der Waals surface area contributed by atoms with Crippen molar-refractivity contribution in [3.8, 4) is 0 Å². The first-order valence-electron chi connectivity index (χ1n) is 6.58. The molecule has 0 bridgehead atoms. The fourth-order valence-corrected chi connectivity index (χ4v) is 3.11. The smallest absolute Gasteiger partial charge is 0.314 e. The summed E-state index contributed by atoms with van der Waals surface area (Å²) in [5.74, 6) is -0.707. The number of aliphatic carboxylic acids is 1. The van der Waals surface area contributed by atoms with Crippen molar-refractivity contribution in [2.45, 2.75) is 24.7 Å². The minimum atomic E-state index is -0.752. The maximum atomic E-state index is 11.9. The van der Waals surface area contributed by atoms with Crippen LogP contribution >= 0.6 is 0 Å². The molecule has 1 aliphatic carbocycles. The highest BCUT2D eigenvalue weighted by Crippen LogP contribution is 2.41. The molecule has 1 N–H and O–H groups in total. The average molecular weight is 252 g/mol. The van der Waals surface area contributed by atoms with Crippen LogP contribution in [0, 0.1) is 0 Å². The molecule has 0 fully saturated rings. The van der Waals surface area contributed by atoms with Gasteiger partial charge in [0.05, 0.1) is 5.41 Å². The second-order valence-corrected chi connectivity index (χ2v) is 5.21. The minimum Gasteiger partial charge on any atom is -0.481 e. The number of carbonyl (C=O) groups is 1. The van der Waals surface area contributed by atoms with E-state index in [1.54, 1.807) is 0 Å². The molecule has 0 saturated heterocycles. The average Bonchev–Trinajstić information content (AvgIpc) is 2.81. The SMILES string of the molecule is O=C(O)[C@@]1(Cc2ccccc2)CCc2ccccc21. The molecule has 0 spiro atoms. The van der Waals surface area contributed by atoms with Crippen LogP contribution in [0.3, 0.4) is 0 Å². The Bertz CT molecular complexity index is 604. The lowest BCUT2D eigenvalue weighted by Gasteiger charge is -2.25. The maximum absolute atomic E-state index is 11.9. The van der Waals surface area contributed by atoms with Crippen molar-refractivity contribution in [2.24, 2.45) is 0 Å². The number of hydrogen-bond donors (Lipinski definition) is 1. The van der Waals surface area contributed by atoms with Gasteiger partial charge in [-0.3, -0.25) is 4.79 Å². The highest BCUT2D eigenvalue weighted by Gasteiger charge is 2.45. The normalized spacial score (nSPS) is 21.1. The van der Waals surface area contributed by atoms with E-state index in [1.807, 2.05) is 54.6 Å². The topological polar surface area (TPSA) is 37.3 Å². The molecule has 1 atom stereocenters. The number of carboxylic acid groups (broad SMARTS) is 1. The van der Waals surface area contributed by atoms with Crippen LogP contribution in [0.5, 0.6) is 0 Å². The van der Waals surface area contributed by atoms with Crippen molar-refractivity contribution in [2.75, 3.05) is 0 Å². The predicted octanol–water partition coefficient (Wildman–Crippen LogP) is 3.20. The summed E-state index contributed by atoms with van der Waals surface area (Å²) >= 11 is 0. The van der Waals surface area contributed by atoms with Crippen LogP contribution in [0.25, 0.3) is 0 Å². The quantitative estimate of drug-likeness (QED) is 0.910. The van der Waals surface area contributed by atoms with Gasteiger partial charge in [0, 0.05) is 0 Å². The van der Waals surface area contributed by atoms with Gasteiger partial charge in [-0.15, -0.1) is 0 Å². The van der Waals surface area contributed by atoms with E-state index < -0.39 is 11.4 Å². The highest BCUT2D eigenvalue weighted by atomic mass is 16.4. The summed E-state index contributed by atoms with van der Waals surface area (Å²) < 4.78 is 0. The maximum Gasteiger partial charge on any atom is 0.314 e. The Hall–Kier alpha value is -2.09. The third kappa shape index (κ3) is 1.93. The summed E-state index contributed by atoms with van der Waals surface area (Å²) in [5.41, 5.74) is 2.51. The van der Waals surface area contributed by atoms with Gasteiger partial charge < -0.3 is 5.11 Å². The molecule has 0 amide bonds. The highest BCUT2D eigenvalue weighted by molar-refractivity contribution is 5.83. The van der Waals surface area contributed by atoms with Crippen LogP contribution < -0.4 is 0 Å². The van der Waals surface area contributed by atoms with Gasteiger partial charge in [0.15, 0.2) is 0 Å². The molecule has 2 aromatic carbocycles. The Kier molecular flexibility index (Phi) is 2.86. The molecule has 2 heteroatoms. The molecule has 0 aliphatic heterocycles. The van der Waals surface area contributed by atoms with Crippen molar-refractivity contribution in [1.29, 1.82) is 0 Å². The molecular weight excluding hydrogens is 236 g/mol. The Morgan fingerprint density at radius 3 is 2.47 bits per heavy atom. The fraction of sp³-hybridized carbons (Fsp3) is 0.235. The first-order chi connectivity index (χ1) is 9.22. The van der Waals surface area contributed by atoms with Crippen LogP contribution in [-0.4, -0.2) is 11.1 Å². The molecule has 96 valence electrons. The summed E-state index contributed by atoms with van der Waals surface area (Å²) in [7, 11) is 0. The molecule has 3 rings (SSSR count). The van der Waals surface area contributed by atoms with Gasteiger partial charge in [0.25, 0.3) is 0 Å². The number of aryl methyl sites for hydroxylation is 1. The largest absolute Gasteiger partial charge is 0.481 e. The monoisotopic (exact) mass is 252 g/mol. The van der Waals surface area contributed by atoms with E-state index >= 15 is 0 Å².